The molecule has 7 heteroatoms. The molecule has 1 heterocycles. The largest absolute Gasteiger partial charge is 0.348 e. The van der Waals surface area contributed by atoms with Crippen LogP contribution in [0.3, 0.4) is 0 Å². The normalized spacial score (nSPS) is 10.6. The molecule has 0 aliphatic heterocycles. The van der Waals surface area contributed by atoms with E-state index in [1.165, 1.54) is 6.20 Å². The number of aromatic nitrogens is 2. The van der Waals surface area contributed by atoms with Gasteiger partial charge < -0.3 is 5.32 Å². The molecule has 3 rings (SSSR count). The molecule has 154 valence electrons. The maximum Gasteiger partial charge on any atom is 0.271 e. The zero-order valence-corrected chi connectivity index (χ0v) is 17.0. The van der Waals surface area contributed by atoms with E-state index in [1.54, 1.807) is 0 Å². The molecule has 0 aliphatic rings. The van der Waals surface area contributed by atoms with Crippen molar-refractivity contribution in [3.63, 3.8) is 0 Å². The fraction of sp³-hybridized carbons (Fsp3) is 0.217. The average molecular weight is 404 g/mol. The molecule has 2 aromatic carbocycles. The maximum absolute atomic E-state index is 13.2. The number of H-pyrrole nitrogens is 1. The molecule has 0 fully saturated rings. The number of nitrogens with one attached hydrogen (secondary N) is 2. The minimum Gasteiger partial charge on any atom is -0.348 e. The van der Waals surface area contributed by atoms with Gasteiger partial charge >= 0.3 is 0 Å². The fourth-order valence-electron chi connectivity index (χ4n) is 3.06. The van der Waals surface area contributed by atoms with Crippen LogP contribution in [0.1, 0.15) is 35.5 Å². The third-order valence-corrected chi connectivity index (χ3v) is 4.40. The second-order valence-corrected chi connectivity index (χ2v) is 7.21. The van der Waals surface area contributed by atoms with Crippen LogP contribution in [0.2, 0.25) is 0 Å². The van der Waals surface area contributed by atoms with E-state index in [9.17, 15) is 14.4 Å². The SMILES string of the molecule is CC(C)NC(=O)c1[nH]ncc1N(C(=O)Cc1ccccc1)C(=O)Cc1ccccc1. The van der Waals surface area contributed by atoms with Gasteiger partial charge in [0.15, 0.2) is 0 Å². The molecule has 0 atom stereocenters. The van der Waals surface area contributed by atoms with Gasteiger partial charge in [0, 0.05) is 6.04 Å². The summed E-state index contributed by atoms with van der Waals surface area (Å²) in [5, 5.41) is 9.30. The van der Waals surface area contributed by atoms with Gasteiger partial charge in [-0.05, 0) is 25.0 Å². The van der Waals surface area contributed by atoms with Crippen molar-refractivity contribution < 1.29 is 14.4 Å². The quantitative estimate of drug-likeness (QED) is 0.633. The minimum absolute atomic E-state index is 0.0256. The molecule has 0 spiro atoms. The number of hydrogen-bond acceptors (Lipinski definition) is 4. The lowest BCUT2D eigenvalue weighted by molar-refractivity contribution is -0.125. The lowest BCUT2D eigenvalue weighted by Gasteiger charge is -2.21. The molecule has 0 saturated heterocycles. The molecule has 3 aromatic rings. The first kappa shape index (κ1) is 21.0. The van der Waals surface area contributed by atoms with E-state index >= 15 is 0 Å². The van der Waals surface area contributed by atoms with Crippen LogP contribution in [0.5, 0.6) is 0 Å². The smallest absolute Gasteiger partial charge is 0.271 e. The van der Waals surface area contributed by atoms with E-state index in [2.05, 4.69) is 15.5 Å². The zero-order valence-electron chi connectivity index (χ0n) is 17.0. The molecule has 3 amide bonds. The van der Waals surface area contributed by atoms with Gasteiger partial charge in [-0.2, -0.15) is 5.10 Å². The van der Waals surface area contributed by atoms with E-state index in [-0.39, 0.29) is 30.3 Å². The zero-order chi connectivity index (χ0) is 21.5. The van der Waals surface area contributed by atoms with E-state index < -0.39 is 17.7 Å². The maximum atomic E-state index is 13.2. The molecule has 0 radical (unpaired) electrons. The second kappa shape index (κ2) is 9.65. The Balaban J connectivity index is 1.93. The summed E-state index contributed by atoms with van der Waals surface area (Å²) in [7, 11) is 0. The molecule has 0 saturated carbocycles. The number of aromatic amines is 1. The fourth-order valence-corrected chi connectivity index (χ4v) is 3.06. The minimum atomic E-state index is -0.429. The van der Waals surface area contributed by atoms with Crippen LogP contribution in [0, 0.1) is 0 Å². The number of carbonyl (C=O) groups is 3. The van der Waals surface area contributed by atoms with E-state index in [4.69, 9.17) is 0 Å². The molecule has 0 bridgehead atoms. The molecule has 1 aromatic heterocycles. The molecule has 7 nitrogen and oxygen atoms in total. The van der Waals surface area contributed by atoms with Gasteiger partial charge in [-0.25, -0.2) is 4.90 Å². The number of hydrogen-bond donors (Lipinski definition) is 2. The Morgan fingerprint density at radius 1 is 0.900 bits per heavy atom. The van der Waals surface area contributed by atoms with E-state index in [1.807, 2.05) is 74.5 Å². The Morgan fingerprint density at radius 3 is 1.87 bits per heavy atom. The number of rotatable bonds is 7. The van der Waals surface area contributed by atoms with Gasteiger partial charge in [0.1, 0.15) is 11.4 Å². The molecular weight excluding hydrogens is 380 g/mol. The molecule has 0 unspecified atom stereocenters. The van der Waals surface area contributed by atoms with E-state index in [0.29, 0.717) is 0 Å². The first-order chi connectivity index (χ1) is 14.5. The van der Waals surface area contributed by atoms with Crippen LogP contribution >= 0.6 is 0 Å². The van der Waals surface area contributed by atoms with Crippen molar-refractivity contribution in [2.45, 2.75) is 32.7 Å². The van der Waals surface area contributed by atoms with Gasteiger partial charge in [-0.15, -0.1) is 0 Å². The van der Waals surface area contributed by atoms with Crippen LogP contribution in [0.4, 0.5) is 5.69 Å². The van der Waals surface area contributed by atoms with Crippen LogP contribution in [0.25, 0.3) is 0 Å². The van der Waals surface area contributed by atoms with Crippen molar-refractivity contribution in [3.8, 4) is 0 Å². The van der Waals surface area contributed by atoms with Crippen molar-refractivity contribution in [3.05, 3.63) is 83.7 Å². The number of nitrogens with zero attached hydrogens (tertiary/aromatic N) is 2. The summed E-state index contributed by atoms with van der Waals surface area (Å²) in [6.07, 6.45) is 1.39. The van der Waals surface area contributed by atoms with Gasteiger partial charge in [0.05, 0.1) is 19.0 Å². The van der Waals surface area contributed by atoms with Crippen molar-refractivity contribution in [2.75, 3.05) is 4.90 Å². The summed E-state index contributed by atoms with van der Waals surface area (Å²) in [6.45, 7) is 3.65. The molecule has 0 aliphatic carbocycles. The number of imide groups is 1. The van der Waals surface area contributed by atoms with Crippen LogP contribution in [-0.2, 0) is 22.4 Å². The number of anilines is 1. The predicted octanol–water partition coefficient (Wildman–Crippen LogP) is 2.89. The molecular formula is C23H24N4O3. The Kier molecular flexibility index (Phi) is 6.75. The highest BCUT2D eigenvalue weighted by molar-refractivity contribution is 6.18. The highest BCUT2D eigenvalue weighted by atomic mass is 16.2. The van der Waals surface area contributed by atoms with E-state index in [0.717, 1.165) is 16.0 Å². The highest BCUT2D eigenvalue weighted by Gasteiger charge is 2.29. The van der Waals surface area contributed by atoms with Crippen LogP contribution in [-0.4, -0.2) is 34.0 Å². The summed E-state index contributed by atoms with van der Waals surface area (Å²) in [4.78, 5) is 40.0. The van der Waals surface area contributed by atoms with Gasteiger partial charge in [-0.3, -0.25) is 19.5 Å². The number of benzene rings is 2. The predicted molar refractivity (Wildman–Crippen MR) is 114 cm³/mol. The summed E-state index contributed by atoms with van der Waals surface area (Å²) < 4.78 is 0. The lowest BCUT2D eigenvalue weighted by Crippen LogP contribution is -2.41. The van der Waals surface area contributed by atoms with Crippen molar-refractivity contribution in [1.29, 1.82) is 0 Å². The summed E-state index contributed by atoms with van der Waals surface area (Å²) in [5.41, 5.74) is 1.77. The third kappa shape index (κ3) is 5.20. The van der Waals surface area contributed by atoms with Crippen molar-refractivity contribution in [1.82, 2.24) is 15.5 Å². The number of amides is 3. The topological polar surface area (TPSA) is 95.2 Å². The summed E-state index contributed by atoms with van der Waals surface area (Å²) in [5.74, 6) is -1.29. The average Bonchev–Trinajstić information content (AvgIpc) is 3.18. The van der Waals surface area contributed by atoms with Crippen LogP contribution < -0.4 is 10.2 Å². The monoisotopic (exact) mass is 404 g/mol. The van der Waals surface area contributed by atoms with Crippen molar-refractivity contribution >= 4 is 23.4 Å². The molecule has 2 N–H and O–H groups in total. The molecule has 30 heavy (non-hydrogen) atoms. The standard InChI is InChI=1S/C23H24N4O3/c1-16(2)25-23(30)22-19(15-24-26-22)27(20(28)13-17-9-5-3-6-10-17)21(29)14-18-11-7-4-8-12-18/h3-12,15-16H,13-14H2,1-2H3,(H,24,26)(H,25,30). The number of carbonyl (C=O) groups excluding carboxylic acids is 3. The first-order valence-electron chi connectivity index (χ1n) is 9.73. The van der Waals surface area contributed by atoms with Gasteiger partial charge in [0.25, 0.3) is 5.91 Å². The van der Waals surface area contributed by atoms with Gasteiger partial charge in [0.2, 0.25) is 11.8 Å². The Bertz CT molecular complexity index is 960. The Labute approximate surface area is 175 Å². The Morgan fingerprint density at radius 2 is 1.40 bits per heavy atom. The first-order valence-corrected chi connectivity index (χ1v) is 9.73. The summed E-state index contributed by atoms with van der Waals surface area (Å²) >= 11 is 0. The van der Waals surface area contributed by atoms with Crippen molar-refractivity contribution in [2.24, 2.45) is 0 Å². The van der Waals surface area contributed by atoms with Gasteiger partial charge in [-0.1, -0.05) is 60.7 Å². The Hall–Kier alpha value is -3.74. The summed E-state index contributed by atoms with van der Waals surface area (Å²) in [6, 6.07) is 18.2. The third-order valence-electron chi connectivity index (χ3n) is 4.40. The lowest BCUT2D eigenvalue weighted by atomic mass is 10.1. The van der Waals surface area contributed by atoms with Crippen LogP contribution in [0.15, 0.2) is 66.9 Å². The highest BCUT2D eigenvalue weighted by Crippen LogP contribution is 2.21. The second-order valence-electron chi connectivity index (χ2n) is 7.21.